The first kappa shape index (κ1) is 14.3. The molecule has 4 heteroatoms. The first-order valence-corrected chi connectivity index (χ1v) is 8.39. The van der Waals surface area contributed by atoms with E-state index in [2.05, 4.69) is 4.98 Å². The van der Waals surface area contributed by atoms with E-state index in [9.17, 15) is 0 Å². The van der Waals surface area contributed by atoms with Crippen molar-refractivity contribution in [1.82, 2.24) is 9.55 Å². The first-order chi connectivity index (χ1) is 12.3. The van der Waals surface area contributed by atoms with Crippen LogP contribution in [0, 0.1) is 0 Å². The molecule has 0 aliphatic rings. The predicted molar refractivity (Wildman–Crippen MR) is 101 cm³/mol. The van der Waals surface area contributed by atoms with Crippen LogP contribution in [0.15, 0.2) is 83.5 Å². The third-order valence-electron chi connectivity index (χ3n) is 4.37. The predicted octanol–water partition coefficient (Wildman–Crippen LogP) is 6.09. The molecule has 3 nitrogen and oxygen atoms in total. The van der Waals surface area contributed by atoms with Crippen molar-refractivity contribution in [2.75, 3.05) is 0 Å². The van der Waals surface area contributed by atoms with E-state index in [1.54, 1.807) is 0 Å². The molecule has 5 rings (SSSR count). The molecule has 5 aromatic rings. The molecule has 2 heterocycles. The molecule has 0 aliphatic heterocycles. The molecule has 0 fully saturated rings. The second kappa shape index (κ2) is 5.50. The summed E-state index contributed by atoms with van der Waals surface area (Å²) in [6.07, 6.45) is 4.01. The standard InChI is InChI=1S/C21H13ClN2O/c22-18-8-4-5-15-16(18)6-3-7-17(15)21-23-19-10-9-14(13-20(19)25-21)24-11-1-2-12-24/h1-13H. The lowest BCUT2D eigenvalue weighted by Gasteiger charge is -2.04. The maximum absolute atomic E-state index is 6.32. The molecule has 0 spiro atoms. The average molecular weight is 345 g/mol. The normalized spacial score (nSPS) is 11.4. The highest BCUT2D eigenvalue weighted by Crippen LogP contribution is 2.33. The number of fused-ring (bicyclic) bond motifs is 2. The van der Waals surface area contributed by atoms with Gasteiger partial charge in [-0.3, -0.25) is 0 Å². The van der Waals surface area contributed by atoms with Gasteiger partial charge < -0.3 is 8.98 Å². The summed E-state index contributed by atoms with van der Waals surface area (Å²) < 4.78 is 8.11. The first-order valence-electron chi connectivity index (χ1n) is 8.01. The summed E-state index contributed by atoms with van der Waals surface area (Å²) >= 11 is 6.32. The molecule has 0 atom stereocenters. The summed E-state index contributed by atoms with van der Waals surface area (Å²) in [5, 5.41) is 2.76. The fourth-order valence-electron chi connectivity index (χ4n) is 3.15. The molecule has 25 heavy (non-hydrogen) atoms. The van der Waals surface area contributed by atoms with Crippen molar-refractivity contribution >= 4 is 33.5 Å². The fourth-order valence-corrected chi connectivity index (χ4v) is 3.39. The lowest BCUT2D eigenvalue weighted by atomic mass is 10.0. The number of benzene rings is 3. The smallest absolute Gasteiger partial charge is 0.227 e. The van der Waals surface area contributed by atoms with Gasteiger partial charge in [0.05, 0.1) is 0 Å². The Kier molecular flexibility index (Phi) is 3.15. The zero-order valence-corrected chi connectivity index (χ0v) is 13.9. The van der Waals surface area contributed by atoms with Crippen molar-refractivity contribution in [3.05, 3.63) is 84.1 Å². The van der Waals surface area contributed by atoms with E-state index in [0.717, 1.165) is 38.1 Å². The van der Waals surface area contributed by atoms with Crippen LogP contribution in [0.1, 0.15) is 0 Å². The van der Waals surface area contributed by atoms with Gasteiger partial charge in [-0.2, -0.15) is 0 Å². The van der Waals surface area contributed by atoms with Crippen LogP contribution in [0.2, 0.25) is 5.02 Å². The van der Waals surface area contributed by atoms with E-state index < -0.39 is 0 Å². The van der Waals surface area contributed by atoms with Gasteiger partial charge in [-0.1, -0.05) is 35.9 Å². The summed E-state index contributed by atoms with van der Waals surface area (Å²) in [6.45, 7) is 0. The van der Waals surface area contributed by atoms with Crippen LogP contribution in [-0.4, -0.2) is 9.55 Å². The zero-order valence-electron chi connectivity index (χ0n) is 13.2. The largest absolute Gasteiger partial charge is 0.436 e. The minimum Gasteiger partial charge on any atom is -0.436 e. The van der Waals surface area contributed by atoms with Gasteiger partial charge in [0.1, 0.15) is 5.52 Å². The molecule has 0 unspecified atom stereocenters. The van der Waals surface area contributed by atoms with Gasteiger partial charge in [0.15, 0.2) is 5.58 Å². The number of rotatable bonds is 2. The number of halogens is 1. The SMILES string of the molecule is Clc1cccc2c(-c3nc4ccc(-n5cccc5)cc4o3)cccc12. The molecule has 0 bridgehead atoms. The van der Waals surface area contributed by atoms with Crippen LogP contribution in [-0.2, 0) is 0 Å². The molecule has 0 N–H and O–H groups in total. The van der Waals surface area contributed by atoms with E-state index >= 15 is 0 Å². The third-order valence-corrected chi connectivity index (χ3v) is 4.70. The van der Waals surface area contributed by atoms with E-state index in [0.29, 0.717) is 5.89 Å². The van der Waals surface area contributed by atoms with E-state index in [1.165, 1.54) is 0 Å². The lowest BCUT2D eigenvalue weighted by Crippen LogP contribution is -1.87. The van der Waals surface area contributed by atoms with Crippen LogP contribution < -0.4 is 0 Å². The number of hydrogen-bond donors (Lipinski definition) is 0. The van der Waals surface area contributed by atoms with Crippen LogP contribution in [0.25, 0.3) is 39.0 Å². The van der Waals surface area contributed by atoms with E-state index in [1.807, 2.05) is 83.7 Å². The molecule has 0 aliphatic carbocycles. The van der Waals surface area contributed by atoms with Gasteiger partial charge >= 0.3 is 0 Å². The topological polar surface area (TPSA) is 31.0 Å². The summed E-state index contributed by atoms with van der Waals surface area (Å²) in [7, 11) is 0. The molecule has 0 amide bonds. The van der Waals surface area contributed by atoms with Crippen LogP contribution >= 0.6 is 11.6 Å². The van der Waals surface area contributed by atoms with Gasteiger partial charge in [-0.15, -0.1) is 0 Å². The van der Waals surface area contributed by atoms with Crippen molar-refractivity contribution in [3.8, 4) is 17.1 Å². The Hall–Kier alpha value is -3.04. The molecule has 120 valence electrons. The van der Waals surface area contributed by atoms with Crippen molar-refractivity contribution in [2.24, 2.45) is 0 Å². The summed E-state index contributed by atoms with van der Waals surface area (Å²) in [4.78, 5) is 4.67. The summed E-state index contributed by atoms with van der Waals surface area (Å²) in [5.74, 6) is 0.604. The minimum absolute atomic E-state index is 0.604. The number of hydrogen-bond acceptors (Lipinski definition) is 2. The Bertz CT molecular complexity index is 1210. The van der Waals surface area contributed by atoms with Gasteiger partial charge in [0, 0.05) is 40.1 Å². The Balaban J connectivity index is 1.70. The minimum atomic E-state index is 0.604. The van der Waals surface area contributed by atoms with E-state index in [4.69, 9.17) is 16.0 Å². The fraction of sp³-hybridized carbons (Fsp3) is 0. The second-order valence-corrected chi connectivity index (χ2v) is 6.31. The number of oxazole rings is 1. The third kappa shape index (κ3) is 2.32. The van der Waals surface area contributed by atoms with Crippen molar-refractivity contribution in [1.29, 1.82) is 0 Å². The van der Waals surface area contributed by atoms with Crippen molar-refractivity contribution in [3.63, 3.8) is 0 Å². The maximum atomic E-state index is 6.32. The van der Waals surface area contributed by atoms with Gasteiger partial charge in [-0.05, 0) is 41.8 Å². The van der Waals surface area contributed by atoms with Crippen LogP contribution in [0.3, 0.4) is 0 Å². The van der Waals surface area contributed by atoms with Gasteiger partial charge in [-0.25, -0.2) is 4.98 Å². The van der Waals surface area contributed by atoms with Gasteiger partial charge in [0.25, 0.3) is 0 Å². The van der Waals surface area contributed by atoms with Gasteiger partial charge in [0.2, 0.25) is 5.89 Å². The molecule has 0 saturated heterocycles. The summed E-state index contributed by atoms with van der Waals surface area (Å²) in [5.41, 5.74) is 3.59. The zero-order chi connectivity index (χ0) is 16.8. The lowest BCUT2D eigenvalue weighted by molar-refractivity contribution is 0.620. The Labute approximate surface area is 149 Å². The quantitative estimate of drug-likeness (QED) is 0.388. The summed E-state index contributed by atoms with van der Waals surface area (Å²) in [6, 6.07) is 21.9. The van der Waals surface area contributed by atoms with Crippen molar-refractivity contribution in [2.45, 2.75) is 0 Å². The van der Waals surface area contributed by atoms with Crippen LogP contribution in [0.5, 0.6) is 0 Å². The molecule has 3 aromatic carbocycles. The van der Waals surface area contributed by atoms with E-state index in [-0.39, 0.29) is 0 Å². The molecule has 2 aromatic heterocycles. The van der Waals surface area contributed by atoms with Crippen LogP contribution in [0.4, 0.5) is 0 Å². The average Bonchev–Trinajstić information content (AvgIpc) is 3.30. The maximum Gasteiger partial charge on any atom is 0.227 e. The molecular weight excluding hydrogens is 332 g/mol. The Morgan fingerprint density at radius 1 is 0.840 bits per heavy atom. The monoisotopic (exact) mass is 344 g/mol. The Morgan fingerprint density at radius 3 is 2.52 bits per heavy atom. The van der Waals surface area contributed by atoms with Crippen molar-refractivity contribution < 1.29 is 4.42 Å². The second-order valence-electron chi connectivity index (χ2n) is 5.90. The highest BCUT2D eigenvalue weighted by atomic mass is 35.5. The highest BCUT2D eigenvalue weighted by molar-refractivity contribution is 6.35. The molecular formula is C21H13ClN2O. The molecule has 0 saturated carbocycles. The Morgan fingerprint density at radius 2 is 1.64 bits per heavy atom. The number of nitrogens with zero attached hydrogens (tertiary/aromatic N) is 2. The molecule has 0 radical (unpaired) electrons. The number of aromatic nitrogens is 2. The highest BCUT2D eigenvalue weighted by Gasteiger charge is 2.13.